The highest BCUT2D eigenvalue weighted by atomic mass is 16.5. The zero-order valence-corrected chi connectivity index (χ0v) is 19.5. The number of aryl methyl sites for hydroxylation is 1. The second kappa shape index (κ2) is 9.53. The Morgan fingerprint density at radius 2 is 1.94 bits per heavy atom. The molecule has 3 atom stereocenters. The summed E-state index contributed by atoms with van der Waals surface area (Å²) in [6, 6.07) is 7.77. The zero-order chi connectivity index (χ0) is 22.8. The van der Waals surface area contributed by atoms with Crippen LogP contribution < -0.4 is 15.1 Å². The van der Waals surface area contributed by atoms with E-state index in [9.17, 15) is 0 Å². The number of aromatic nitrogens is 4. The molecule has 0 spiro atoms. The highest BCUT2D eigenvalue weighted by Crippen LogP contribution is 2.38. The molecule has 5 heterocycles. The fourth-order valence-corrected chi connectivity index (χ4v) is 5.48. The maximum absolute atomic E-state index is 9.02. The Morgan fingerprint density at radius 1 is 1.18 bits per heavy atom. The lowest BCUT2D eigenvalue weighted by molar-refractivity contribution is 0.122. The van der Waals surface area contributed by atoms with E-state index in [1.807, 2.05) is 19.1 Å². The number of aromatic amines is 1. The molecular weight excluding hydrogens is 418 g/mol. The number of nitrogens with zero attached hydrogens (tertiary/aromatic N) is 7. The largest absolute Gasteiger partial charge is 0.378 e. The summed E-state index contributed by atoms with van der Waals surface area (Å²) in [4.78, 5) is 16.9. The zero-order valence-electron chi connectivity index (χ0n) is 19.5. The number of ether oxygens (including phenoxy) is 1. The van der Waals surface area contributed by atoms with Crippen molar-refractivity contribution in [3.8, 4) is 6.07 Å². The first kappa shape index (κ1) is 21.9. The van der Waals surface area contributed by atoms with Crippen LogP contribution in [0.4, 0.5) is 23.4 Å². The minimum absolute atomic E-state index is 0.390. The van der Waals surface area contributed by atoms with E-state index in [-0.39, 0.29) is 0 Å². The molecule has 2 bridgehead atoms. The summed E-state index contributed by atoms with van der Waals surface area (Å²) < 4.78 is 5.54. The van der Waals surface area contributed by atoms with Gasteiger partial charge in [0.05, 0.1) is 19.3 Å². The van der Waals surface area contributed by atoms with Crippen LogP contribution in [0, 0.1) is 18.3 Å². The van der Waals surface area contributed by atoms with Crippen molar-refractivity contribution in [2.45, 2.75) is 57.2 Å². The quantitative estimate of drug-likeness (QED) is 0.656. The van der Waals surface area contributed by atoms with Crippen molar-refractivity contribution in [2.24, 2.45) is 0 Å². The Labute approximate surface area is 194 Å². The number of rotatable bonds is 7. The van der Waals surface area contributed by atoms with Gasteiger partial charge < -0.3 is 19.9 Å². The second-order valence-electron chi connectivity index (χ2n) is 9.34. The number of fused-ring (bicyclic) bond motifs is 2. The van der Waals surface area contributed by atoms with Gasteiger partial charge in [-0.05, 0) is 32.6 Å². The number of piperidine rings is 1. The van der Waals surface area contributed by atoms with Gasteiger partial charge in [-0.1, -0.05) is 0 Å². The first-order valence-corrected chi connectivity index (χ1v) is 12.0. The van der Waals surface area contributed by atoms with Crippen LogP contribution in [0.1, 0.15) is 37.8 Å². The second-order valence-corrected chi connectivity index (χ2v) is 9.34. The first-order chi connectivity index (χ1) is 16.1. The van der Waals surface area contributed by atoms with Gasteiger partial charge in [-0.3, -0.25) is 10.00 Å². The summed E-state index contributed by atoms with van der Waals surface area (Å²) in [7, 11) is 2.12. The molecule has 10 nitrogen and oxygen atoms in total. The minimum atomic E-state index is 0.390. The summed E-state index contributed by atoms with van der Waals surface area (Å²) >= 11 is 0. The Balaban J connectivity index is 1.38. The Morgan fingerprint density at radius 3 is 2.61 bits per heavy atom. The molecule has 0 radical (unpaired) electrons. The Bertz CT molecular complexity index is 982. The van der Waals surface area contributed by atoms with Gasteiger partial charge >= 0.3 is 0 Å². The highest BCUT2D eigenvalue weighted by Gasteiger charge is 2.42. The average Bonchev–Trinajstić information content (AvgIpc) is 3.34. The van der Waals surface area contributed by atoms with E-state index >= 15 is 0 Å². The number of nitrogens with one attached hydrogen (secondary N) is 2. The van der Waals surface area contributed by atoms with Crippen LogP contribution in [-0.4, -0.2) is 83.1 Å². The highest BCUT2D eigenvalue weighted by molar-refractivity contribution is 5.60. The molecule has 3 saturated heterocycles. The van der Waals surface area contributed by atoms with Gasteiger partial charge in [0.15, 0.2) is 5.82 Å². The van der Waals surface area contributed by atoms with Crippen molar-refractivity contribution in [2.75, 3.05) is 55.0 Å². The smallest absolute Gasteiger partial charge is 0.229 e. The summed E-state index contributed by atoms with van der Waals surface area (Å²) in [5.41, 5.74) is 0.996. The summed E-state index contributed by atoms with van der Waals surface area (Å²) in [6.45, 7) is 5.93. The molecule has 5 rings (SSSR count). The van der Waals surface area contributed by atoms with E-state index in [4.69, 9.17) is 20.0 Å². The van der Waals surface area contributed by atoms with Crippen LogP contribution in [0.15, 0.2) is 12.1 Å². The molecule has 3 aliphatic rings. The lowest BCUT2D eigenvalue weighted by atomic mass is 9.96. The van der Waals surface area contributed by atoms with E-state index in [1.54, 1.807) is 0 Å². The van der Waals surface area contributed by atoms with Crippen molar-refractivity contribution in [1.82, 2.24) is 25.1 Å². The minimum Gasteiger partial charge on any atom is -0.378 e. The normalized spacial score (nSPS) is 25.1. The van der Waals surface area contributed by atoms with Crippen molar-refractivity contribution >= 4 is 23.4 Å². The van der Waals surface area contributed by atoms with Gasteiger partial charge in [0, 0.05) is 69.1 Å². The monoisotopic (exact) mass is 451 g/mol. The molecule has 2 aromatic heterocycles. The average molecular weight is 452 g/mol. The molecule has 0 saturated carbocycles. The molecule has 2 aromatic rings. The number of hydrogen-bond acceptors (Lipinski definition) is 9. The van der Waals surface area contributed by atoms with Gasteiger partial charge in [-0.25, -0.2) is 0 Å². The van der Waals surface area contributed by atoms with Gasteiger partial charge in [0.2, 0.25) is 5.95 Å². The molecule has 0 aromatic carbocycles. The number of anilines is 4. The van der Waals surface area contributed by atoms with E-state index in [0.717, 1.165) is 61.6 Å². The van der Waals surface area contributed by atoms with Crippen molar-refractivity contribution in [1.29, 1.82) is 5.26 Å². The number of morpholine rings is 1. The molecule has 3 fully saturated rings. The third kappa shape index (κ3) is 4.75. The van der Waals surface area contributed by atoms with Crippen LogP contribution >= 0.6 is 0 Å². The Hall–Kier alpha value is -2.90. The van der Waals surface area contributed by atoms with Crippen LogP contribution in [0.25, 0.3) is 0 Å². The van der Waals surface area contributed by atoms with Crippen molar-refractivity contribution < 1.29 is 4.74 Å². The van der Waals surface area contributed by atoms with E-state index in [1.165, 1.54) is 12.8 Å². The fourth-order valence-electron chi connectivity index (χ4n) is 5.48. The van der Waals surface area contributed by atoms with Gasteiger partial charge in [-0.2, -0.15) is 20.3 Å². The molecule has 2 N–H and O–H groups in total. The predicted molar refractivity (Wildman–Crippen MR) is 127 cm³/mol. The number of hydrogen-bond donors (Lipinski definition) is 2. The molecule has 0 aliphatic carbocycles. The summed E-state index contributed by atoms with van der Waals surface area (Å²) in [5.74, 6) is 3.15. The predicted octanol–water partition coefficient (Wildman–Crippen LogP) is 2.43. The van der Waals surface area contributed by atoms with Crippen molar-refractivity contribution in [3.05, 3.63) is 17.8 Å². The molecular formula is C23H33N9O. The first-order valence-electron chi connectivity index (χ1n) is 12.0. The lowest BCUT2D eigenvalue weighted by Crippen LogP contribution is -2.50. The topological polar surface area (TPSA) is 109 Å². The third-order valence-electron chi connectivity index (χ3n) is 7.20. The maximum atomic E-state index is 9.02. The fraction of sp³-hybridized carbons (Fsp3) is 0.652. The molecule has 1 unspecified atom stereocenters. The maximum Gasteiger partial charge on any atom is 0.229 e. The summed E-state index contributed by atoms with van der Waals surface area (Å²) in [6.07, 6.45) is 5.23. The molecule has 176 valence electrons. The lowest BCUT2D eigenvalue weighted by Gasteiger charge is -2.42. The number of nitriles is 1. The van der Waals surface area contributed by atoms with Crippen LogP contribution in [0.3, 0.4) is 0 Å². The van der Waals surface area contributed by atoms with Crippen LogP contribution in [-0.2, 0) is 4.74 Å². The van der Waals surface area contributed by atoms with E-state index < -0.39 is 0 Å². The van der Waals surface area contributed by atoms with Crippen LogP contribution in [0.5, 0.6) is 0 Å². The van der Waals surface area contributed by atoms with Gasteiger partial charge in [-0.15, -0.1) is 0 Å². The van der Waals surface area contributed by atoms with Gasteiger partial charge in [0.1, 0.15) is 11.6 Å². The standard InChI is InChI=1S/C23H33N9O/c1-16-12-21(29-28-16)25-20-15-22(31-8-10-33-11-9-31)27-23(26-20)30(2)19-13-17-4-5-18(14-19)32(17)7-3-6-24/h12,15,17-19H,3-5,7-11,13-14H2,1-2H3,(H2,25,26,27,28,29)/t17-,18+,19?. The van der Waals surface area contributed by atoms with Crippen molar-refractivity contribution in [3.63, 3.8) is 0 Å². The number of H-pyrrole nitrogens is 1. The molecule has 0 amide bonds. The summed E-state index contributed by atoms with van der Waals surface area (Å²) in [5, 5.41) is 19.6. The Kier molecular flexibility index (Phi) is 6.33. The van der Waals surface area contributed by atoms with E-state index in [0.29, 0.717) is 37.8 Å². The SMILES string of the molecule is Cc1cc(Nc2cc(N3CCOCC3)nc(N(C)C3C[C@H]4CC[C@@H](C3)N4CCC#N)n2)n[nH]1. The molecule has 33 heavy (non-hydrogen) atoms. The molecule has 3 aliphatic heterocycles. The van der Waals surface area contributed by atoms with Gasteiger partial charge in [0.25, 0.3) is 0 Å². The third-order valence-corrected chi connectivity index (χ3v) is 7.20. The van der Waals surface area contributed by atoms with Crippen LogP contribution in [0.2, 0.25) is 0 Å². The molecule has 10 heteroatoms. The van der Waals surface area contributed by atoms with E-state index in [2.05, 4.69) is 43.3 Å².